The highest BCUT2D eigenvalue weighted by Crippen LogP contribution is 2.27. The number of nitro benzene ring substituents is 1. The number of carboxylic acids is 1. The van der Waals surface area contributed by atoms with Crippen LogP contribution < -0.4 is 10.6 Å². The van der Waals surface area contributed by atoms with Crippen molar-refractivity contribution in [3.63, 3.8) is 0 Å². The molecule has 1 atom stereocenters. The summed E-state index contributed by atoms with van der Waals surface area (Å²) in [5.74, 6) is -1.64. The lowest BCUT2D eigenvalue weighted by Gasteiger charge is -2.16. The Morgan fingerprint density at radius 2 is 2.21 bits per heavy atom. The summed E-state index contributed by atoms with van der Waals surface area (Å²) < 4.78 is 0. The number of rotatable bonds is 3. The Labute approximate surface area is 107 Å². The molecule has 1 aromatic carbocycles. The SMILES string of the molecule is NC1CC(=O)N(c2ccc([N+](=O)[O-])c(C(=O)O)c2)C1. The molecule has 0 aliphatic carbocycles. The van der Waals surface area contributed by atoms with Gasteiger partial charge in [0.05, 0.1) is 4.92 Å². The van der Waals surface area contributed by atoms with Crippen LogP contribution in [-0.2, 0) is 4.79 Å². The summed E-state index contributed by atoms with van der Waals surface area (Å²) in [6.45, 7) is 0.274. The molecule has 1 amide bonds. The molecule has 8 heteroatoms. The number of nitro groups is 1. The Morgan fingerprint density at radius 3 is 2.68 bits per heavy atom. The summed E-state index contributed by atoms with van der Waals surface area (Å²) in [5, 5.41) is 19.7. The van der Waals surface area contributed by atoms with E-state index in [1.165, 1.54) is 11.0 Å². The fraction of sp³-hybridized carbons (Fsp3) is 0.273. The van der Waals surface area contributed by atoms with Gasteiger partial charge in [0.1, 0.15) is 5.56 Å². The summed E-state index contributed by atoms with van der Waals surface area (Å²) >= 11 is 0. The van der Waals surface area contributed by atoms with E-state index in [4.69, 9.17) is 10.8 Å². The molecule has 0 bridgehead atoms. The van der Waals surface area contributed by atoms with Gasteiger partial charge < -0.3 is 15.7 Å². The Morgan fingerprint density at radius 1 is 1.53 bits per heavy atom. The highest BCUT2D eigenvalue weighted by molar-refractivity contribution is 5.99. The van der Waals surface area contributed by atoms with Crippen LogP contribution in [-0.4, -0.2) is 34.5 Å². The Balaban J connectivity index is 2.44. The molecule has 0 radical (unpaired) electrons. The molecule has 1 aliphatic rings. The highest BCUT2D eigenvalue weighted by atomic mass is 16.6. The first-order chi connectivity index (χ1) is 8.90. The predicted molar refractivity (Wildman–Crippen MR) is 65.0 cm³/mol. The van der Waals surface area contributed by atoms with Gasteiger partial charge >= 0.3 is 5.97 Å². The topological polar surface area (TPSA) is 127 Å². The first-order valence-corrected chi connectivity index (χ1v) is 5.48. The van der Waals surface area contributed by atoms with E-state index in [-0.39, 0.29) is 24.9 Å². The van der Waals surface area contributed by atoms with Crippen molar-refractivity contribution in [2.45, 2.75) is 12.5 Å². The molecule has 1 saturated heterocycles. The highest BCUT2D eigenvalue weighted by Gasteiger charge is 2.30. The normalized spacial score (nSPS) is 18.7. The van der Waals surface area contributed by atoms with E-state index >= 15 is 0 Å². The van der Waals surface area contributed by atoms with Gasteiger partial charge in [-0.15, -0.1) is 0 Å². The van der Waals surface area contributed by atoms with E-state index in [0.29, 0.717) is 5.69 Å². The molecule has 0 aromatic heterocycles. The number of hydrogen-bond donors (Lipinski definition) is 2. The van der Waals surface area contributed by atoms with E-state index in [2.05, 4.69) is 0 Å². The zero-order valence-corrected chi connectivity index (χ0v) is 9.78. The molecular weight excluding hydrogens is 254 g/mol. The maximum absolute atomic E-state index is 11.6. The molecule has 1 unspecified atom stereocenters. The number of anilines is 1. The minimum atomic E-state index is -1.41. The molecule has 0 saturated carbocycles. The zero-order chi connectivity index (χ0) is 14.2. The number of carbonyl (C=O) groups excluding carboxylic acids is 1. The van der Waals surface area contributed by atoms with Gasteiger partial charge in [0.25, 0.3) is 5.69 Å². The van der Waals surface area contributed by atoms with Crippen molar-refractivity contribution in [1.82, 2.24) is 0 Å². The van der Waals surface area contributed by atoms with E-state index in [9.17, 15) is 19.7 Å². The van der Waals surface area contributed by atoms with Crippen LogP contribution in [0, 0.1) is 10.1 Å². The van der Waals surface area contributed by atoms with E-state index < -0.39 is 22.1 Å². The third-order valence-electron chi connectivity index (χ3n) is 2.87. The van der Waals surface area contributed by atoms with Crippen molar-refractivity contribution in [2.75, 3.05) is 11.4 Å². The largest absolute Gasteiger partial charge is 0.477 e. The van der Waals surface area contributed by atoms with Crippen molar-refractivity contribution >= 4 is 23.3 Å². The van der Waals surface area contributed by atoms with Crippen LogP contribution in [0.25, 0.3) is 0 Å². The lowest BCUT2D eigenvalue weighted by Crippen LogP contribution is -2.28. The van der Waals surface area contributed by atoms with E-state index in [1.807, 2.05) is 0 Å². The average molecular weight is 265 g/mol. The van der Waals surface area contributed by atoms with Crippen molar-refractivity contribution in [1.29, 1.82) is 0 Å². The summed E-state index contributed by atoms with van der Waals surface area (Å²) in [6, 6.07) is 3.24. The van der Waals surface area contributed by atoms with Gasteiger partial charge in [-0.3, -0.25) is 14.9 Å². The zero-order valence-electron chi connectivity index (χ0n) is 9.78. The fourth-order valence-electron chi connectivity index (χ4n) is 2.01. The van der Waals surface area contributed by atoms with Gasteiger partial charge in [-0.2, -0.15) is 0 Å². The second-order valence-corrected chi connectivity index (χ2v) is 4.23. The first kappa shape index (κ1) is 13.0. The maximum atomic E-state index is 11.6. The fourth-order valence-corrected chi connectivity index (χ4v) is 2.01. The summed E-state index contributed by atoms with van der Waals surface area (Å²) in [6.07, 6.45) is 0.180. The molecular formula is C11H11N3O5. The molecule has 100 valence electrons. The number of aromatic carboxylic acids is 1. The monoisotopic (exact) mass is 265 g/mol. The molecule has 3 N–H and O–H groups in total. The number of nitrogens with two attached hydrogens (primary N) is 1. The van der Waals surface area contributed by atoms with Gasteiger partial charge in [0.15, 0.2) is 0 Å². The van der Waals surface area contributed by atoms with Crippen LogP contribution in [0.2, 0.25) is 0 Å². The average Bonchev–Trinajstić information content (AvgIpc) is 2.67. The minimum absolute atomic E-state index is 0.180. The summed E-state index contributed by atoms with van der Waals surface area (Å²) in [4.78, 5) is 33.9. The lowest BCUT2D eigenvalue weighted by atomic mass is 10.1. The molecule has 0 spiro atoms. The Kier molecular flexibility index (Phi) is 3.17. The third kappa shape index (κ3) is 2.38. The number of amides is 1. The standard InChI is InChI=1S/C11H11N3O5/c12-6-3-10(15)13(5-6)7-1-2-9(14(18)19)8(4-7)11(16)17/h1-2,4,6H,3,5,12H2,(H,16,17). The second-order valence-electron chi connectivity index (χ2n) is 4.23. The molecule has 1 heterocycles. The van der Waals surface area contributed by atoms with Crippen LogP contribution in [0.1, 0.15) is 16.8 Å². The van der Waals surface area contributed by atoms with Crippen LogP contribution in [0.3, 0.4) is 0 Å². The number of carboxylic acid groups (broad SMARTS) is 1. The molecule has 8 nitrogen and oxygen atoms in total. The van der Waals surface area contributed by atoms with Gasteiger partial charge in [-0.1, -0.05) is 0 Å². The molecule has 1 fully saturated rings. The molecule has 1 aromatic rings. The lowest BCUT2D eigenvalue weighted by molar-refractivity contribution is -0.385. The summed E-state index contributed by atoms with van der Waals surface area (Å²) in [7, 11) is 0. The quantitative estimate of drug-likeness (QED) is 0.600. The van der Waals surface area contributed by atoms with Crippen molar-refractivity contribution in [3.8, 4) is 0 Å². The van der Waals surface area contributed by atoms with Crippen molar-refractivity contribution in [2.24, 2.45) is 5.73 Å². The number of hydrogen-bond acceptors (Lipinski definition) is 5. The first-order valence-electron chi connectivity index (χ1n) is 5.48. The molecule has 19 heavy (non-hydrogen) atoms. The Bertz CT molecular complexity index is 571. The second kappa shape index (κ2) is 4.65. The maximum Gasteiger partial charge on any atom is 0.342 e. The number of benzene rings is 1. The van der Waals surface area contributed by atoms with Gasteiger partial charge in [-0.05, 0) is 12.1 Å². The van der Waals surface area contributed by atoms with Crippen molar-refractivity contribution < 1.29 is 19.6 Å². The smallest absolute Gasteiger partial charge is 0.342 e. The summed E-state index contributed by atoms with van der Waals surface area (Å²) in [5.41, 5.74) is 4.99. The van der Waals surface area contributed by atoms with Gasteiger partial charge in [0.2, 0.25) is 5.91 Å². The van der Waals surface area contributed by atoms with Crippen LogP contribution in [0.4, 0.5) is 11.4 Å². The van der Waals surface area contributed by atoms with Crippen LogP contribution >= 0.6 is 0 Å². The molecule has 2 rings (SSSR count). The molecule has 1 aliphatic heterocycles. The van der Waals surface area contributed by atoms with Crippen molar-refractivity contribution in [3.05, 3.63) is 33.9 Å². The third-order valence-corrected chi connectivity index (χ3v) is 2.87. The van der Waals surface area contributed by atoms with Gasteiger partial charge in [-0.25, -0.2) is 4.79 Å². The van der Waals surface area contributed by atoms with E-state index in [0.717, 1.165) is 12.1 Å². The van der Waals surface area contributed by atoms with Crippen LogP contribution in [0.5, 0.6) is 0 Å². The predicted octanol–water partition coefficient (Wildman–Crippen LogP) is 0.357. The number of carbonyl (C=O) groups is 2. The number of nitrogens with zero attached hydrogens (tertiary/aromatic N) is 2. The van der Waals surface area contributed by atoms with E-state index in [1.54, 1.807) is 0 Å². The Hall–Kier alpha value is -2.48. The van der Waals surface area contributed by atoms with Gasteiger partial charge in [0, 0.05) is 30.8 Å². The minimum Gasteiger partial charge on any atom is -0.477 e. The van der Waals surface area contributed by atoms with Crippen LogP contribution in [0.15, 0.2) is 18.2 Å².